The maximum Gasteiger partial charge on any atom is 0.346 e. The smallest absolute Gasteiger partial charge is 0.346 e. The van der Waals surface area contributed by atoms with Crippen LogP contribution in [0.15, 0.2) is 39.6 Å². The van der Waals surface area contributed by atoms with Gasteiger partial charge in [0.15, 0.2) is 5.82 Å². The van der Waals surface area contributed by atoms with Crippen LogP contribution in [0.2, 0.25) is 0 Å². The summed E-state index contributed by atoms with van der Waals surface area (Å²) in [6.45, 7) is 3.46. The van der Waals surface area contributed by atoms with Crippen molar-refractivity contribution in [2.45, 2.75) is 13.8 Å². The van der Waals surface area contributed by atoms with Gasteiger partial charge in [0.1, 0.15) is 17.3 Å². The van der Waals surface area contributed by atoms with E-state index in [9.17, 15) is 14.0 Å². The number of nitrogens with one attached hydrogen (secondary N) is 2. The average molecular weight is 328 g/mol. The summed E-state index contributed by atoms with van der Waals surface area (Å²) in [5.41, 5.74) is 0.202. The van der Waals surface area contributed by atoms with Crippen molar-refractivity contribution in [2.24, 2.45) is 0 Å². The van der Waals surface area contributed by atoms with Crippen molar-refractivity contribution in [3.8, 4) is 11.3 Å². The normalized spacial score (nSPS) is 10.6. The molecule has 7 nitrogen and oxygen atoms in total. The van der Waals surface area contributed by atoms with Crippen LogP contribution in [0, 0.1) is 19.7 Å². The van der Waals surface area contributed by atoms with Crippen molar-refractivity contribution < 1.29 is 13.7 Å². The highest BCUT2D eigenvalue weighted by molar-refractivity contribution is 6.02. The largest absolute Gasteiger partial charge is 0.360 e. The lowest BCUT2D eigenvalue weighted by atomic mass is 10.1. The number of H-pyrrole nitrogens is 1. The molecule has 0 saturated heterocycles. The van der Waals surface area contributed by atoms with Crippen LogP contribution < -0.4 is 11.0 Å². The number of amides is 1. The Morgan fingerprint density at radius 1 is 1.25 bits per heavy atom. The van der Waals surface area contributed by atoms with E-state index >= 15 is 0 Å². The lowest BCUT2D eigenvalue weighted by Crippen LogP contribution is -2.21. The maximum absolute atomic E-state index is 14.0. The van der Waals surface area contributed by atoms with Gasteiger partial charge in [-0.05, 0) is 32.0 Å². The molecule has 2 N–H and O–H groups in total. The third kappa shape index (κ3) is 3.22. The second-order valence-electron chi connectivity index (χ2n) is 5.25. The Morgan fingerprint density at radius 2 is 2.04 bits per heavy atom. The lowest BCUT2D eigenvalue weighted by Gasteiger charge is -2.06. The van der Waals surface area contributed by atoms with Gasteiger partial charge in [-0.15, -0.1) is 0 Å². The zero-order valence-electron chi connectivity index (χ0n) is 12.9. The van der Waals surface area contributed by atoms with E-state index in [4.69, 9.17) is 4.52 Å². The Hall–Kier alpha value is -3.29. The van der Waals surface area contributed by atoms with E-state index in [-0.39, 0.29) is 22.8 Å². The van der Waals surface area contributed by atoms with Gasteiger partial charge in [-0.25, -0.2) is 9.18 Å². The molecular weight excluding hydrogens is 315 g/mol. The molecule has 0 aliphatic carbocycles. The lowest BCUT2D eigenvalue weighted by molar-refractivity contribution is 0.102. The highest BCUT2D eigenvalue weighted by atomic mass is 19.1. The van der Waals surface area contributed by atoms with Crippen molar-refractivity contribution >= 4 is 11.7 Å². The molecule has 8 heteroatoms. The van der Waals surface area contributed by atoms with Crippen LogP contribution in [0.25, 0.3) is 11.3 Å². The van der Waals surface area contributed by atoms with Crippen LogP contribution in [0.5, 0.6) is 0 Å². The number of halogens is 1. The summed E-state index contributed by atoms with van der Waals surface area (Å²) < 4.78 is 18.8. The molecule has 0 saturated carbocycles. The van der Waals surface area contributed by atoms with E-state index in [0.29, 0.717) is 5.76 Å². The van der Waals surface area contributed by atoms with Gasteiger partial charge >= 0.3 is 5.69 Å². The molecule has 2 heterocycles. The SMILES string of the molecule is Cc1ccc(F)c(-c2cc(C(=O)Nc3cc(C)on3)[nH]c(=O)n2)c1. The van der Waals surface area contributed by atoms with Gasteiger partial charge in [0.05, 0.1) is 5.69 Å². The zero-order chi connectivity index (χ0) is 17.3. The Bertz CT molecular complexity index is 977. The molecule has 2 aromatic heterocycles. The Labute approximate surface area is 135 Å². The Balaban J connectivity index is 1.98. The summed E-state index contributed by atoms with van der Waals surface area (Å²) in [4.78, 5) is 30.0. The number of aryl methyl sites for hydroxylation is 2. The van der Waals surface area contributed by atoms with Crippen molar-refractivity contribution in [3.63, 3.8) is 0 Å². The third-order valence-corrected chi connectivity index (χ3v) is 3.26. The third-order valence-electron chi connectivity index (χ3n) is 3.26. The number of aromatic nitrogens is 3. The first kappa shape index (κ1) is 15.6. The van der Waals surface area contributed by atoms with Crippen molar-refractivity contribution in [2.75, 3.05) is 5.32 Å². The van der Waals surface area contributed by atoms with Crippen LogP contribution in [0.4, 0.5) is 10.2 Å². The predicted octanol–water partition coefficient (Wildman–Crippen LogP) is 2.43. The monoisotopic (exact) mass is 328 g/mol. The number of rotatable bonds is 3. The zero-order valence-corrected chi connectivity index (χ0v) is 12.9. The maximum atomic E-state index is 14.0. The van der Waals surface area contributed by atoms with Crippen LogP contribution >= 0.6 is 0 Å². The van der Waals surface area contributed by atoms with Crippen molar-refractivity contribution in [3.05, 3.63) is 63.7 Å². The summed E-state index contributed by atoms with van der Waals surface area (Å²) in [6.07, 6.45) is 0. The molecule has 122 valence electrons. The minimum Gasteiger partial charge on any atom is -0.360 e. The molecular formula is C16H13FN4O3. The first-order valence-corrected chi connectivity index (χ1v) is 7.05. The first-order valence-electron chi connectivity index (χ1n) is 7.05. The molecule has 0 radical (unpaired) electrons. The molecule has 3 rings (SSSR count). The number of carbonyl (C=O) groups excluding carboxylic acids is 1. The molecule has 0 bridgehead atoms. The molecule has 3 aromatic rings. The number of hydrogen-bond donors (Lipinski definition) is 2. The molecule has 1 amide bonds. The minimum absolute atomic E-state index is 0.0634. The first-order chi connectivity index (χ1) is 11.4. The molecule has 0 fully saturated rings. The summed E-state index contributed by atoms with van der Waals surface area (Å²) in [7, 11) is 0. The second-order valence-corrected chi connectivity index (χ2v) is 5.25. The fourth-order valence-electron chi connectivity index (χ4n) is 2.16. The van der Waals surface area contributed by atoms with Gasteiger partial charge in [-0.3, -0.25) is 4.79 Å². The van der Waals surface area contributed by atoms with E-state index < -0.39 is 17.4 Å². The summed E-state index contributed by atoms with van der Waals surface area (Å²) in [5, 5.41) is 6.11. The van der Waals surface area contributed by atoms with Crippen molar-refractivity contribution in [1.82, 2.24) is 15.1 Å². The van der Waals surface area contributed by atoms with Gasteiger partial charge in [0.25, 0.3) is 5.91 Å². The van der Waals surface area contributed by atoms with Gasteiger partial charge in [0.2, 0.25) is 0 Å². The van der Waals surface area contributed by atoms with Crippen LogP contribution in [0.1, 0.15) is 21.8 Å². The number of hydrogen-bond acceptors (Lipinski definition) is 5. The number of carbonyl (C=O) groups is 1. The Morgan fingerprint density at radius 3 is 2.75 bits per heavy atom. The van der Waals surface area contributed by atoms with Gasteiger partial charge in [-0.1, -0.05) is 16.8 Å². The molecule has 1 aromatic carbocycles. The second kappa shape index (κ2) is 6.07. The fourth-order valence-corrected chi connectivity index (χ4v) is 2.16. The Kier molecular flexibility index (Phi) is 3.95. The van der Waals surface area contributed by atoms with E-state index in [1.165, 1.54) is 18.2 Å². The number of nitrogens with zero attached hydrogens (tertiary/aromatic N) is 2. The van der Waals surface area contributed by atoms with E-state index in [0.717, 1.165) is 5.56 Å². The van der Waals surface area contributed by atoms with E-state index in [1.807, 2.05) is 0 Å². The van der Waals surface area contributed by atoms with Crippen LogP contribution in [-0.2, 0) is 0 Å². The van der Waals surface area contributed by atoms with Crippen LogP contribution in [0.3, 0.4) is 0 Å². The molecule has 0 spiro atoms. The summed E-state index contributed by atoms with van der Waals surface area (Å²) >= 11 is 0. The topological polar surface area (TPSA) is 101 Å². The van der Waals surface area contributed by atoms with Gasteiger partial charge < -0.3 is 14.8 Å². The van der Waals surface area contributed by atoms with E-state index in [2.05, 4.69) is 20.4 Å². The highest BCUT2D eigenvalue weighted by Crippen LogP contribution is 2.21. The number of benzene rings is 1. The minimum atomic E-state index is -0.755. The summed E-state index contributed by atoms with van der Waals surface area (Å²) in [6, 6.07) is 7.28. The summed E-state index contributed by atoms with van der Waals surface area (Å²) in [5.74, 6) is -0.413. The average Bonchev–Trinajstić information content (AvgIpc) is 2.94. The van der Waals surface area contributed by atoms with Crippen LogP contribution in [-0.4, -0.2) is 21.0 Å². The molecule has 0 atom stereocenters. The van der Waals surface area contributed by atoms with Gasteiger partial charge in [-0.2, -0.15) is 4.98 Å². The van der Waals surface area contributed by atoms with Gasteiger partial charge in [0, 0.05) is 11.6 Å². The number of aromatic amines is 1. The van der Waals surface area contributed by atoms with Crippen molar-refractivity contribution in [1.29, 1.82) is 0 Å². The molecule has 24 heavy (non-hydrogen) atoms. The standard InChI is InChI=1S/C16H13FN4O3/c1-8-3-4-11(17)10(5-8)12-7-13(19-16(23)18-12)15(22)20-14-6-9(2)24-21-14/h3-7H,1-2H3,(H,18,19,23)(H,20,21,22). The quantitative estimate of drug-likeness (QED) is 0.769. The molecule has 0 aliphatic rings. The number of anilines is 1. The van der Waals surface area contributed by atoms with E-state index in [1.54, 1.807) is 26.0 Å². The molecule has 0 aliphatic heterocycles. The fraction of sp³-hybridized carbons (Fsp3) is 0.125. The highest BCUT2D eigenvalue weighted by Gasteiger charge is 2.14. The molecule has 0 unspecified atom stereocenters. The predicted molar refractivity (Wildman–Crippen MR) is 84.2 cm³/mol.